The number of benzene rings is 2. The third kappa shape index (κ3) is 8.19. The van der Waals surface area contributed by atoms with Gasteiger partial charge in [-0.15, -0.1) is 0 Å². The average Bonchev–Trinajstić information content (AvgIpc) is 3.32. The minimum absolute atomic E-state index is 0.0775. The number of amides is 4. The lowest BCUT2D eigenvalue weighted by molar-refractivity contribution is -0.136. The van der Waals surface area contributed by atoms with Crippen LogP contribution in [0.15, 0.2) is 64.1 Å². The standard InChI is InChI=1S/C25H23Cl2N5O5/c1-14(2)15-3-5-16(6-4-15)30-24(35)25(36)32-29-13-19-9-8-18(37-19)12-28-22(33)23(34)31-17-7-10-20(26)21(27)11-17/h3-11,13-14H,12H2,1-2H3,(H,28,33)(H,30,35)(H,31,34)(H,32,36)/b29-13+. The van der Waals surface area contributed by atoms with Gasteiger partial charge < -0.3 is 20.4 Å². The number of rotatable bonds is 7. The lowest BCUT2D eigenvalue weighted by Gasteiger charge is -2.07. The monoisotopic (exact) mass is 543 g/mol. The summed E-state index contributed by atoms with van der Waals surface area (Å²) in [5.41, 5.74) is 4.01. The van der Waals surface area contributed by atoms with Crippen molar-refractivity contribution in [1.29, 1.82) is 0 Å². The van der Waals surface area contributed by atoms with Gasteiger partial charge in [0.25, 0.3) is 0 Å². The normalized spacial score (nSPS) is 10.8. The van der Waals surface area contributed by atoms with Gasteiger partial charge in [0.05, 0.1) is 22.8 Å². The fraction of sp³-hybridized carbons (Fsp3) is 0.160. The van der Waals surface area contributed by atoms with Crippen LogP contribution in [0.25, 0.3) is 0 Å². The summed E-state index contributed by atoms with van der Waals surface area (Å²) in [7, 11) is 0. The molecule has 0 aliphatic rings. The molecule has 0 radical (unpaired) electrons. The number of hydrazone groups is 1. The van der Waals surface area contributed by atoms with Crippen LogP contribution in [0.5, 0.6) is 0 Å². The Morgan fingerprint density at radius 1 is 0.838 bits per heavy atom. The third-order valence-electron chi connectivity index (χ3n) is 4.89. The highest BCUT2D eigenvalue weighted by molar-refractivity contribution is 6.43. The van der Waals surface area contributed by atoms with Gasteiger partial charge in [0.1, 0.15) is 11.5 Å². The molecule has 0 spiro atoms. The molecule has 0 atom stereocenters. The zero-order chi connectivity index (χ0) is 26.9. The summed E-state index contributed by atoms with van der Waals surface area (Å²) < 4.78 is 5.45. The Bertz CT molecular complexity index is 1340. The van der Waals surface area contributed by atoms with Gasteiger partial charge in [-0.05, 0) is 53.9 Å². The van der Waals surface area contributed by atoms with E-state index in [1.54, 1.807) is 18.2 Å². The summed E-state index contributed by atoms with van der Waals surface area (Å²) in [6.45, 7) is 4.03. The van der Waals surface area contributed by atoms with Crippen LogP contribution in [-0.4, -0.2) is 29.8 Å². The molecule has 4 amide bonds. The molecular weight excluding hydrogens is 521 g/mol. The van der Waals surface area contributed by atoms with E-state index in [0.717, 1.165) is 5.56 Å². The Labute approximate surface area is 222 Å². The number of halogens is 2. The second kappa shape index (κ2) is 12.7. The largest absolute Gasteiger partial charge is 0.458 e. The van der Waals surface area contributed by atoms with Crippen molar-refractivity contribution in [2.75, 3.05) is 10.6 Å². The molecule has 0 unspecified atom stereocenters. The van der Waals surface area contributed by atoms with Gasteiger partial charge in [0, 0.05) is 11.4 Å². The molecule has 10 nitrogen and oxygen atoms in total. The number of hydrogen-bond acceptors (Lipinski definition) is 6. The van der Waals surface area contributed by atoms with E-state index < -0.39 is 23.6 Å². The van der Waals surface area contributed by atoms with E-state index in [9.17, 15) is 19.2 Å². The number of hydrogen-bond donors (Lipinski definition) is 4. The molecule has 0 bridgehead atoms. The van der Waals surface area contributed by atoms with Gasteiger partial charge in [-0.2, -0.15) is 5.10 Å². The fourth-order valence-electron chi connectivity index (χ4n) is 2.91. The first-order valence-corrected chi connectivity index (χ1v) is 11.7. The molecular formula is C25H23Cl2N5O5. The Morgan fingerprint density at radius 3 is 2.16 bits per heavy atom. The maximum absolute atomic E-state index is 12.0. The van der Waals surface area contributed by atoms with E-state index in [1.165, 1.54) is 30.5 Å². The summed E-state index contributed by atoms with van der Waals surface area (Å²) in [6, 6.07) is 14.7. The van der Waals surface area contributed by atoms with Crippen molar-refractivity contribution in [3.05, 3.63) is 81.7 Å². The van der Waals surface area contributed by atoms with Gasteiger partial charge >= 0.3 is 23.6 Å². The Hall–Kier alpha value is -4.15. The number of nitrogens with one attached hydrogen (secondary N) is 4. The zero-order valence-corrected chi connectivity index (χ0v) is 21.3. The smallest absolute Gasteiger partial charge is 0.329 e. The number of nitrogens with zero attached hydrogens (tertiary/aromatic N) is 1. The second-order valence-corrected chi connectivity index (χ2v) is 8.81. The molecule has 4 N–H and O–H groups in total. The number of carbonyl (C=O) groups excluding carboxylic acids is 4. The lowest BCUT2D eigenvalue weighted by atomic mass is 10.0. The van der Waals surface area contributed by atoms with Crippen molar-refractivity contribution in [3.8, 4) is 0 Å². The first-order valence-electron chi connectivity index (χ1n) is 11.0. The third-order valence-corrected chi connectivity index (χ3v) is 5.63. The van der Waals surface area contributed by atoms with E-state index in [0.29, 0.717) is 28.1 Å². The minimum Gasteiger partial charge on any atom is -0.458 e. The topological polar surface area (TPSA) is 142 Å². The van der Waals surface area contributed by atoms with Crippen molar-refractivity contribution in [1.82, 2.24) is 10.7 Å². The van der Waals surface area contributed by atoms with Crippen molar-refractivity contribution >= 4 is 64.4 Å². The summed E-state index contributed by atoms with van der Waals surface area (Å²) in [6.07, 6.45) is 1.19. The Balaban J connectivity index is 1.43. The molecule has 1 aromatic heterocycles. The van der Waals surface area contributed by atoms with E-state index in [-0.39, 0.29) is 17.3 Å². The first-order chi connectivity index (χ1) is 17.6. The van der Waals surface area contributed by atoms with Crippen LogP contribution >= 0.6 is 23.2 Å². The van der Waals surface area contributed by atoms with Crippen LogP contribution in [0.1, 0.15) is 36.8 Å². The predicted molar refractivity (Wildman–Crippen MR) is 141 cm³/mol. The highest BCUT2D eigenvalue weighted by Crippen LogP contribution is 2.25. The summed E-state index contributed by atoms with van der Waals surface area (Å²) >= 11 is 11.7. The van der Waals surface area contributed by atoms with Crippen LogP contribution in [0.3, 0.4) is 0 Å². The molecule has 0 saturated carbocycles. The lowest BCUT2D eigenvalue weighted by Crippen LogP contribution is -2.34. The van der Waals surface area contributed by atoms with Gasteiger partial charge in [-0.25, -0.2) is 5.43 Å². The Morgan fingerprint density at radius 2 is 1.49 bits per heavy atom. The summed E-state index contributed by atoms with van der Waals surface area (Å²) in [4.78, 5) is 48.0. The Kier molecular flexibility index (Phi) is 9.42. The van der Waals surface area contributed by atoms with Crippen molar-refractivity contribution in [2.45, 2.75) is 26.3 Å². The molecule has 1 heterocycles. The molecule has 0 fully saturated rings. The quantitative estimate of drug-likeness (QED) is 0.202. The minimum atomic E-state index is -0.962. The first kappa shape index (κ1) is 27.4. The van der Waals surface area contributed by atoms with Crippen molar-refractivity contribution < 1.29 is 23.6 Å². The molecule has 12 heteroatoms. The number of carbonyl (C=O) groups is 4. The van der Waals surface area contributed by atoms with Gasteiger partial charge in [0.15, 0.2) is 0 Å². The van der Waals surface area contributed by atoms with E-state index in [2.05, 4.69) is 40.3 Å². The van der Waals surface area contributed by atoms with Crippen LogP contribution < -0.4 is 21.4 Å². The van der Waals surface area contributed by atoms with Crippen LogP contribution in [0, 0.1) is 0 Å². The van der Waals surface area contributed by atoms with E-state index in [4.69, 9.17) is 27.6 Å². The van der Waals surface area contributed by atoms with E-state index >= 15 is 0 Å². The SMILES string of the molecule is CC(C)c1ccc(NC(=O)C(=O)N/N=C/c2ccc(CNC(=O)C(=O)Nc3ccc(Cl)c(Cl)c3)o2)cc1. The van der Waals surface area contributed by atoms with Crippen molar-refractivity contribution in [3.63, 3.8) is 0 Å². The van der Waals surface area contributed by atoms with E-state index in [1.807, 2.05) is 12.1 Å². The maximum Gasteiger partial charge on any atom is 0.329 e. The highest BCUT2D eigenvalue weighted by atomic mass is 35.5. The predicted octanol–water partition coefficient (Wildman–Crippen LogP) is 4.05. The van der Waals surface area contributed by atoms with Crippen LogP contribution in [0.2, 0.25) is 10.0 Å². The maximum atomic E-state index is 12.0. The van der Waals surface area contributed by atoms with Gasteiger partial charge in [0.2, 0.25) is 0 Å². The molecule has 3 rings (SSSR count). The molecule has 0 aliphatic heterocycles. The van der Waals surface area contributed by atoms with Gasteiger partial charge in [-0.3, -0.25) is 19.2 Å². The number of furan rings is 1. The zero-order valence-electron chi connectivity index (χ0n) is 19.8. The average molecular weight is 544 g/mol. The summed E-state index contributed by atoms with van der Waals surface area (Å²) in [5.74, 6) is -2.72. The van der Waals surface area contributed by atoms with Gasteiger partial charge in [-0.1, -0.05) is 49.2 Å². The van der Waals surface area contributed by atoms with Crippen LogP contribution in [-0.2, 0) is 25.7 Å². The second-order valence-electron chi connectivity index (χ2n) is 8.00. The fourth-order valence-corrected chi connectivity index (χ4v) is 3.21. The number of anilines is 2. The molecule has 0 aliphatic carbocycles. The highest BCUT2D eigenvalue weighted by Gasteiger charge is 2.15. The van der Waals surface area contributed by atoms with Crippen molar-refractivity contribution in [2.24, 2.45) is 5.10 Å². The molecule has 3 aromatic rings. The summed E-state index contributed by atoms with van der Waals surface area (Å²) in [5, 5.41) is 11.5. The molecule has 2 aromatic carbocycles. The molecule has 0 saturated heterocycles. The molecule has 192 valence electrons. The molecule has 37 heavy (non-hydrogen) atoms. The van der Waals surface area contributed by atoms with Crippen LogP contribution in [0.4, 0.5) is 11.4 Å².